The lowest BCUT2D eigenvalue weighted by Crippen LogP contribution is -2.39. The van der Waals surface area contributed by atoms with Crippen LogP contribution in [-0.2, 0) is 7.05 Å². The molecular formula is C17H19N5O3. The van der Waals surface area contributed by atoms with Gasteiger partial charge in [0.25, 0.3) is 11.5 Å². The maximum atomic E-state index is 13.1. The zero-order valence-electron chi connectivity index (χ0n) is 14.2. The van der Waals surface area contributed by atoms with Crippen LogP contribution >= 0.6 is 0 Å². The monoisotopic (exact) mass is 341 g/mol. The molecule has 0 bridgehead atoms. The van der Waals surface area contributed by atoms with Crippen molar-refractivity contribution < 1.29 is 9.21 Å². The molecule has 0 aromatic carbocycles. The Morgan fingerprint density at radius 1 is 1.44 bits per heavy atom. The predicted molar refractivity (Wildman–Crippen MR) is 90.5 cm³/mol. The number of rotatable bonds is 2. The fraction of sp³-hybridized carbons (Fsp3) is 0.412. The van der Waals surface area contributed by atoms with Crippen molar-refractivity contribution in [2.45, 2.75) is 25.7 Å². The highest BCUT2D eigenvalue weighted by atomic mass is 16.3. The van der Waals surface area contributed by atoms with Gasteiger partial charge in [-0.15, -0.1) is 0 Å². The molecule has 0 radical (unpaired) electrons. The molecule has 8 heteroatoms. The minimum absolute atomic E-state index is 0.175. The first-order chi connectivity index (χ1) is 12.1. The zero-order chi connectivity index (χ0) is 17.6. The zero-order valence-corrected chi connectivity index (χ0v) is 14.2. The molecule has 1 aliphatic heterocycles. The van der Waals surface area contributed by atoms with Crippen LogP contribution < -0.4 is 5.56 Å². The highest BCUT2D eigenvalue weighted by molar-refractivity contribution is 6.06. The summed E-state index contributed by atoms with van der Waals surface area (Å²) < 4.78 is 6.92. The van der Waals surface area contributed by atoms with E-state index in [1.165, 1.54) is 10.9 Å². The van der Waals surface area contributed by atoms with Gasteiger partial charge < -0.3 is 13.9 Å². The summed E-state index contributed by atoms with van der Waals surface area (Å²) in [4.78, 5) is 31.5. The van der Waals surface area contributed by atoms with Crippen molar-refractivity contribution in [3.8, 4) is 0 Å². The van der Waals surface area contributed by atoms with Gasteiger partial charge in [-0.05, 0) is 25.8 Å². The van der Waals surface area contributed by atoms with E-state index in [4.69, 9.17) is 4.42 Å². The van der Waals surface area contributed by atoms with E-state index in [1.54, 1.807) is 25.1 Å². The van der Waals surface area contributed by atoms with Gasteiger partial charge >= 0.3 is 0 Å². The Hall–Kier alpha value is -2.90. The molecule has 0 aliphatic carbocycles. The fourth-order valence-electron chi connectivity index (χ4n) is 3.51. The number of nitrogens with zero attached hydrogens (tertiary/aromatic N) is 4. The van der Waals surface area contributed by atoms with Gasteiger partial charge in [-0.1, -0.05) is 0 Å². The number of aromatic nitrogens is 4. The molecule has 0 unspecified atom stereocenters. The van der Waals surface area contributed by atoms with Crippen LogP contribution in [0.15, 0.2) is 27.8 Å². The summed E-state index contributed by atoms with van der Waals surface area (Å²) in [5.74, 6) is 0.477. The van der Waals surface area contributed by atoms with E-state index in [-0.39, 0.29) is 28.5 Å². The maximum Gasteiger partial charge on any atom is 0.265 e. The first-order valence-corrected chi connectivity index (χ1v) is 8.29. The van der Waals surface area contributed by atoms with Crippen LogP contribution in [0.5, 0.6) is 0 Å². The van der Waals surface area contributed by atoms with Crippen LogP contribution in [0.4, 0.5) is 0 Å². The maximum absolute atomic E-state index is 13.1. The number of amides is 1. The predicted octanol–water partition coefficient (Wildman–Crippen LogP) is 1.58. The number of hydrogen-bond acceptors (Lipinski definition) is 5. The minimum atomic E-state index is -0.271. The molecule has 1 aliphatic rings. The molecule has 8 nitrogen and oxygen atoms in total. The van der Waals surface area contributed by atoms with E-state index in [0.717, 1.165) is 18.5 Å². The summed E-state index contributed by atoms with van der Waals surface area (Å²) in [5, 5.41) is 7.25. The average Bonchev–Trinajstić information content (AvgIpc) is 3.25. The van der Waals surface area contributed by atoms with Crippen molar-refractivity contribution in [2.75, 3.05) is 13.1 Å². The van der Waals surface area contributed by atoms with Crippen molar-refractivity contribution in [1.82, 2.24) is 24.6 Å². The average molecular weight is 341 g/mol. The number of carbonyl (C=O) groups excluding carboxylic acids is 1. The summed E-state index contributed by atoms with van der Waals surface area (Å²) in [6.45, 7) is 2.95. The number of hydrogen-bond donors (Lipinski definition) is 1. The van der Waals surface area contributed by atoms with Gasteiger partial charge in [0.2, 0.25) is 5.71 Å². The molecule has 4 rings (SSSR count). The first kappa shape index (κ1) is 15.6. The SMILES string of the molecule is Cc1oc2ncn(C)c(=O)c2c1C(=O)N1CCC[C@@H](c2ccn[nH]2)C1. The van der Waals surface area contributed by atoms with E-state index < -0.39 is 0 Å². The molecule has 0 saturated carbocycles. The Morgan fingerprint density at radius 2 is 2.28 bits per heavy atom. The topological polar surface area (TPSA) is 97.0 Å². The van der Waals surface area contributed by atoms with Crippen LogP contribution in [0.1, 0.15) is 40.6 Å². The Labute approximate surface area is 143 Å². The molecule has 1 atom stereocenters. The summed E-state index contributed by atoms with van der Waals surface area (Å²) in [7, 11) is 1.61. The highest BCUT2D eigenvalue weighted by Crippen LogP contribution is 2.28. The second-order valence-electron chi connectivity index (χ2n) is 6.48. The molecule has 3 aromatic heterocycles. The van der Waals surface area contributed by atoms with Crippen molar-refractivity contribution >= 4 is 17.0 Å². The van der Waals surface area contributed by atoms with Gasteiger partial charge in [-0.2, -0.15) is 5.10 Å². The van der Waals surface area contributed by atoms with Crippen molar-refractivity contribution in [2.24, 2.45) is 7.05 Å². The molecule has 3 aromatic rings. The van der Waals surface area contributed by atoms with Crippen LogP contribution in [0, 0.1) is 6.92 Å². The van der Waals surface area contributed by atoms with Crippen molar-refractivity contribution in [3.63, 3.8) is 0 Å². The Morgan fingerprint density at radius 3 is 3.04 bits per heavy atom. The Balaban J connectivity index is 1.71. The molecule has 0 spiro atoms. The molecule has 130 valence electrons. The van der Waals surface area contributed by atoms with Crippen LogP contribution in [0.25, 0.3) is 11.1 Å². The highest BCUT2D eigenvalue weighted by Gasteiger charge is 2.30. The molecule has 4 heterocycles. The molecular weight excluding hydrogens is 322 g/mol. The number of H-pyrrole nitrogens is 1. The smallest absolute Gasteiger partial charge is 0.265 e. The summed E-state index contributed by atoms with van der Waals surface area (Å²) >= 11 is 0. The minimum Gasteiger partial charge on any atom is -0.442 e. The summed E-state index contributed by atoms with van der Waals surface area (Å²) in [6, 6.07) is 1.94. The number of likely N-dealkylation sites (tertiary alicyclic amines) is 1. The van der Waals surface area contributed by atoms with Gasteiger partial charge in [0, 0.05) is 37.9 Å². The number of nitrogens with one attached hydrogen (secondary N) is 1. The molecule has 1 fully saturated rings. The van der Waals surface area contributed by atoms with E-state index in [2.05, 4.69) is 15.2 Å². The number of furan rings is 1. The van der Waals surface area contributed by atoms with E-state index in [1.807, 2.05) is 6.07 Å². The first-order valence-electron chi connectivity index (χ1n) is 8.29. The number of fused-ring (bicyclic) bond motifs is 1. The van der Waals surface area contributed by atoms with Gasteiger partial charge in [0.15, 0.2) is 0 Å². The van der Waals surface area contributed by atoms with Crippen molar-refractivity contribution in [1.29, 1.82) is 0 Å². The van der Waals surface area contributed by atoms with Crippen LogP contribution in [0.3, 0.4) is 0 Å². The van der Waals surface area contributed by atoms with Gasteiger partial charge in [0.1, 0.15) is 17.5 Å². The van der Waals surface area contributed by atoms with E-state index in [9.17, 15) is 9.59 Å². The second-order valence-corrected chi connectivity index (χ2v) is 6.48. The van der Waals surface area contributed by atoms with Crippen LogP contribution in [0.2, 0.25) is 0 Å². The summed E-state index contributed by atoms with van der Waals surface area (Å²) in [6.07, 6.45) is 5.02. The van der Waals surface area contributed by atoms with E-state index in [0.29, 0.717) is 24.4 Å². The lowest BCUT2D eigenvalue weighted by atomic mass is 9.94. The van der Waals surface area contributed by atoms with Gasteiger partial charge in [-0.25, -0.2) is 4.98 Å². The third-order valence-electron chi connectivity index (χ3n) is 4.83. The Bertz CT molecular complexity index is 986. The Kier molecular flexibility index (Phi) is 3.67. The van der Waals surface area contributed by atoms with E-state index >= 15 is 0 Å². The molecule has 1 saturated heterocycles. The number of carbonyl (C=O) groups is 1. The quantitative estimate of drug-likeness (QED) is 0.763. The lowest BCUT2D eigenvalue weighted by molar-refractivity contribution is 0.0705. The molecule has 1 N–H and O–H groups in total. The third-order valence-corrected chi connectivity index (χ3v) is 4.83. The largest absolute Gasteiger partial charge is 0.442 e. The van der Waals surface area contributed by atoms with Crippen LogP contribution in [-0.4, -0.2) is 43.6 Å². The van der Waals surface area contributed by atoms with Gasteiger partial charge in [0.05, 0.1) is 5.56 Å². The fourth-order valence-corrected chi connectivity index (χ4v) is 3.51. The lowest BCUT2D eigenvalue weighted by Gasteiger charge is -2.32. The normalized spacial score (nSPS) is 18.0. The standard InChI is InChI=1S/C17H19N5O3/c1-10-13(14-15(25-10)18-9-21(2)16(14)23)17(24)22-7-3-4-11(8-22)12-5-6-19-20-12/h5-6,9,11H,3-4,7-8H2,1-2H3,(H,19,20)/t11-/m1/s1. The number of piperidine rings is 1. The summed E-state index contributed by atoms with van der Waals surface area (Å²) in [5.41, 5.74) is 1.30. The number of aryl methyl sites for hydroxylation is 2. The van der Waals surface area contributed by atoms with Gasteiger partial charge in [-0.3, -0.25) is 14.7 Å². The second kappa shape index (κ2) is 5.87. The van der Waals surface area contributed by atoms with Crippen molar-refractivity contribution in [3.05, 3.63) is 46.0 Å². The molecule has 25 heavy (non-hydrogen) atoms. The third kappa shape index (κ3) is 2.54. The number of aromatic amines is 1. The molecule has 1 amide bonds.